The van der Waals surface area contributed by atoms with Crippen LogP contribution in [-0.4, -0.2) is 20.7 Å². The zero-order valence-corrected chi connectivity index (χ0v) is 12.2. The maximum atomic E-state index is 12.5. The second-order valence-electron chi connectivity index (χ2n) is 5.71. The van der Waals surface area contributed by atoms with Gasteiger partial charge in [-0.2, -0.15) is 0 Å². The van der Waals surface area contributed by atoms with Gasteiger partial charge in [0, 0.05) is 36.0 Å². The van der Waals surface area contributed by atoms with E-state index in [1.807, 2.05) is 6.07 Å². The molecule has 23 heavy (non-hydrogen) atoms. The molecule has 116 valence electrons. The van der Waals surface area contributed by atoms with Crippen molar-refractivity contribution in [2.75, 3.05) is 5.32 Å². The number of aromatic nitrogens is 3. The van der Waals surface area contributed by atoms with Gasteiger partial charge in [0.1, 0.15) is 5.82 Å². The highest BCUT2D eigenvalue weighted by Crippen LogP contribution is 2.42. The Bertz CT molecular complexity index is 940. The van der Waals surface area contributed by atoms with E-state index < -0.39 is 17.2 Å². The smallest absolute Gasteiger partial charge is 0.327 e. The number of pyridine rings is 1. The number of carbonyl (C=O) groups excluding carboxylic acids is 1. The van der Waals surface area contributed by atoms with E-state index in [1.54, 1.807) is 18.5 Å². The molecule has 0 saturated heterocycles. The summed E-state index contributed by atoms with van der Waals surface area (Å²) in [7, 11) is 0. The average molecular weight is 310 g/mol. The highest BCUT2D eigenvalue weighted by Gasteiger charge is 2.37. The van der Waals surface area contributed by atoms with Gasteiger partial charge < -0.3 is 5.32 Å². The number of Topliss-reactive ketones (excluding diaryl/α,β-unsaturated/α-hetero) is 1. The Balaban J connectivity index is 2.03. The summed E-state index contributed by atoms with van der Waals surface area (Å²) in [5.74, 6) is -0.117. The summed E-state index contributed by atoms with van der Waals surface area (Å²) in [5, 5.41) is 3.07. The minimum atomic E-state index is -0.572. The summed E-state index contributed by atoms with van der Waals surface area (Å²) in [6.07, 6.45) is 5.23. The van der Waals surface area contributed by atoms with Gasteiger partial charge in [-0.3, -0.25) is 24.5 Å². The van der Waals surface area contributed by atoms with Crippen LogP contribution >= 0.6 is 0 Å². The molecular weight excluding hydrogens is 296 g/mol. The number of allylic oxidation sites excluding steroid dienone is 2. The van der Waals surface area contributed by atoms with Crippen LogP contribution in [0.1, 0.15) is 36.3 Å². The van der Waals surface area contributed by atoms with Crippen LogP contribution in [0.4, 0.5) is 5.82 Å². The lowest BCUT2D eigenvalue weighted by atomic mass is 9.77. The number of nitrogens with one attached hydrogen (secondary N) is 3. The Hall–Kier alpha value is -2.96. The Morgan fingerprint density at radius 2 is 2.00 bits per heavy atom. The molecule has 1 aliphatic carbocycles. The van der Waals surface area contributed by atoms with Gasteiger partial charge in [0.05, 0.1) is 5.56 Å². The van der Waals surface area contributed by atoms with Crippen LogP contribution in [0.3, 0.4) is 0 Å². The van der Waals surface area contributed by atoms with Crippen LogP contribution in [0.2, 0.25) is 0 Å². The van der Waals surface area contributed by atoms with E-state index >= 15 is 0 Å². The molecule has 0 aromatic carbocycles. The number of H-pyrrole nitrogens is 2. The van der Waals surface area contributed by atoms with E-state index in [0.717, 1.165) is 17.7 Å². The molecule has 0 saturated carbocycles. The maximum absolute atomic E-state index is 12.5. The first kappa shape index (κ1) is 13.7. The summed E-state index contributed by atoms with van der Waals surface area (Å²) in [6, 6.07) is 3.61. The predicted octanol–water partition coefficient (Wildman–Crippen LogP) is 1.02. The maximum Gasteiger partial charge on any atom is 0.327 e. The first-order valence-corrected chi connectivity index (χ1v) is 7.45. The standard InChI is InChI=1S/C16H14N4O3/c21-10-5-1-4-9-12(10)11(8-3-2-6-17-7-8)13-14(18-9)19-16(23)20-15(13)22/h2-3,6-7,11H,1,4-5H2,(H3,18,19,20,22,23)/t11-/m0/s1. The Labute approximate surface area is 130 Å². The molecule has 0 amide bonds. The lowest BCUT2D eigenvalue weighted by Crippen LogP contribution is -2.36. The summed E-state index contributed by atoms with van der Waals surface area (Å²) in [4.78, 5) is 45.4. The Kier molecular flexibility index (Phi) is 3.00. The van der Waals surface area contributed by atoms with Crippen molar-refractivity contribution >= 4 is 11.6 Å². The van der Waals surface area contributed by atoms with Gasteiger partial charge in [0.2, 0.25) is 0 Å². The van der Waals surface area contributed by atoms with Crippen molar-refractivity contribution in [3.05, 3.63) is 67.8 Å². The third kappa shape index (κ3) is 2.12. The second-order valence-corrected chi connectivity index (χ2v) is 5.71. The number of fused-ring (bicyclic) bond motifs is 1. The van der Waals surface area contributed by atoms with E-state index in [1.165, 1.54) is 0 Å². The predicted molar refractivity (Wildman–Crippen MR) is 83.3 cm³/mol. The molecule has 0 spiro atoms. The van der Waals surface area contributed by atoms with Crippen LogP contribution < -0.4 is 16.6 Å². The first-order valence-electron chi connectivity index (χ1n) is 7.45. The van der Waals surface area contributed by atoms with Crippen LogP contribution in [0, 0.1) is 0 Å². The van der Waals surface area contributed by atoms with Crippen molar-refractivity contribution in [3.63, 3.8) is 0 Å². The lowest BCUT2D eigenvalue weighted by Gasteiger charge is -2.32. The first-order chi connectivity index (χ1) is 11.1. The fourth-order valence-electron chi connectivity index (χ4n) is 3.37. The molecule has 2 aliphatic rings. The normalized spacial score (nSPS) is 19.8. The molecule has 4 rings (SSSR count). The second kappa shape index (κ2) is 5.05. The fraction of sp³-hybridized carbons (Fsp3) is 0.250. The molecule has 0 fully saturated rings. The SMILES string of the molecule is O=C1CCCC2=C1[C@H](c1cccnc1)c1c([nH]c(=O)[nH]c1=O)N2. The molecule has 2 aromatic rings. The molecule has 1 atom stereocenters. The number of carbonyl (C=O) groups is 1. The monoisotopic (exact) mass is 310 g/mol. The Morgan fingerprint density at radius 1 is 1.13 bits per heavy atom. The molecular formula is C16H14N4O3. The molecule has 3 N–H and O–H groups in total. The third-order valence-electron chi connectivity index (χ3n) is 4.31. The van der Waals surface area contributed by atoms with Crippen LogP contribution in [-0.2, 0) is 4.79 Å². The van der Waals surface area contributed by atoms with Gasteiger partial charge >= 0.3 is 5.69 Å². The number of ketones is 1. The van der Waals surface area contributed by atoms with Gasteiger partial charge in [-0.15, -0.1) is 0 Å². The minimum Gasteiger partial charge on any atom is -0.344 e. The van der Waals surface area contributed by atoms with Gasteiger partial charge in [-0.1, -0.05) is 6.07 Å². The molecule has 0 bridgehead atoms. The molecule has 0 unspecified atom stereocenters. The van der Waals surface area contributed by atoms with Crippen molar-refractivity contribution in [1.29, 1.82) is 0 Å². The van der Waals surface area contributed by atoms with Crippen molar-refractivity contribution in [3.8, 4) is 0 Å². The number of hydrogen-bond acceptors (Lipinski definition) is 5. The summed E-state index contributed by atoms with van der Waals surface area (Å²) >= 11 is 0. The van der Waals surface area contributed by atoms with Gasteiger partial charge in [-0.05, 0) is 24.5 Å². The number of aromatic amines is 2. The molecule has 7 heteroatoms. The van der Waals surface area contributed by atoms with Crippen LogP contribution in [0.15, 0.2) is 45.4 Å². The molecule has 7 nitrogen and oxygen atoms in total. The van der Waals surface area contributed by atoms with E-state index in [4.69, 9.17) is 0 Å². The summed E-state index contributed by atoms with van der Waals surface area (Å²) in [5.41, 5.74) is 1.44. The third-order valence-corrected chi connectivity index (χ3v) is 4.31. The van der Waals surface area contributed by atoms with E-state index in [0.29, 0.717) is 29.8 Å². The molecule has 0 radical (unpaired) electrons. The van der Waals surface area contributed by atoms with Crippen LogP contribution in [0.25, 0.3) is 0 Å². The topological polar surface area (TPSA) is 108 Å². The van der Waals surface area contributed by atoms with Crippen molar-refractivity contribution < 1.29 is 4.79 Å². The number of hydrogen-bond donors (Lipinski definition) is 3. The largest absolute Gasteiger partial charge is 0.344 e. The van der Waals surface area contributed by atoms with E-state index in [9.17, 15) is 14.4 Å². The van der Waals surface area contributed by atoms with E-state index in [2.05, 4.69) is 20.3 Å². The van der Waals surface area contributed by atoms with Crippen LogP contribution in [0.5, 0.6) is 0 Å². The quantitative estimate of drug-likeness (QED) is 0.729. The average Bonchev–Trinajstić information content (AvgIpc) is 2.54. The minimum absolute atomic E-state index is 0.0313. The van der Waals surface area contributed by atoms with Gasteiger partial charge in [-0.25, -0.2) is 4.79 Å². The van der Waals surface area contributed by atoms with Gasteiger partial charge in [0.25, 0.3) is 5.56 Å². The fourth-order valence-corrected chi connectivity index (χ4v) is 3.37. The highest BCUT2D eigenvalue weighted by molar-refractivity contribution is 6.00. The van der Waals surface area contributed by atoms with Gasteiger partial charge in [0.15, 0.2) is 5.78 Å². The van der Waals surface area contributed by atoms with Crippen molar-refractivity contribution in [2.24, 2.45) is 0 Å². The summed E-state index contributed by atoms with van der Waals surface area (Å²) in [6.45, 7) is 0. The van der Waals surface area contributed by atoms with Crippen molar-refractivity contribution in [2.45, 2.75) is 25.2 Å². The van der Waals surface area contributed by atoms with Crippen molar-refractivity contribution in [1.82, 2.24) is 15.0 Å². The number of nitrogens with zero attached hydrogens (tertiary/aromatic N) is 1. The zero-order valence-electron chi connectivity index (χ0n) is 12.2. The van der Waals surface area contributed by atoms with E-state index in [-0.39, 0.29) is 5.78 Å². The molecule has 2 aromatic heterocycles. The number of anilines is 1. The molecule has 3 heterocycles. The summed E-state index contributed by atoms with van der Waals surface area (Å²) < 4.78 is 0. The lowest BCUT2D eigenvalue weighted by molar-refractivity contribution is -0.116. The zero-order chi connectivity index (χ0) is 16.0. The molecule has 1 aliphatic heterocycles. The highest BCUT2D eigenvalue weighted by atomic mass is 16.2. The number of rotatable bonds is 1. The Morgan fingerprint density at radius 3 is 2.78 bits per heavy atom.